The van der Waals surface area contributed by atoms with Crippen LogP contribution < -0.4 is 0 Å². The van der Waals surface area contributed by atoms with Crippen molar-refractivity contribution in [2.75, 3.05) is 0 Å². The molecule has 3 atom stereocenters. The monoisotopic (exact) mass is 152 g/mol. The molecule has 1 saturated heterocycles. The van der Waals surface area contributed by atoms with Crippen molar-refractivity contribution in [3.8, 4) is 0 Å². The molecular weight excluding hydrogens is 136 g/mol. The summed E-state index contributed by atoms with van der Waals surface area (Å²) >= 11 is 0. The topological polar surface area (TPSA) is 9.23 Å². The molecule has 2 aliphatic heterocycles. The molecule has 1 heteroatoms. The first kappa shape index (κ1) is 7.35. The molecule has 2 aliphatic rings. The van der Waals surface area contributed by atoms with Crippen LogP contribution in [0.4, 0.5) is 0 Å². The fourth-order valence-electron chi connectivity index (χ4n) is 2.20. The summed E-state index contributed by atoms with van der Waals surface area (Å²) in [5, 5.41) is 0. The standard InChI is InChI=1S/C10H16O/c1-7(2)5-8-6-9-3-4-10(8)11-9/h3-4,7-10H,5-6H2,1-2H3. The first-order valence-corrected chi connectivity index (χ1v) is 4.59. The van der Waals surface area contributed by atoms with E-state index in [1.54, 1.807) is 0 Å². The van der Waals surface area contributed by atoms with Gasteiger partial charge in [0, 0.05) is 0 Å². The Kier molecular flexibility index (Phi) is 1.76. The molecule has 3 unspecified atom stereocenters. The van der Waals surface area contributed by atoms with Gasteiger partial charge in [0.15, 0.2) is 0 Å². The molecule has 0 radical (unpaired) electrons. The van der Waals surface area contributed by atoms with Crippen molar-refractivity contribution < 1.29 is 4.74 Å². The second kappa shape index (κ2) is 2.63. The molecule has 0 amide bonds. The maximum absolute atomic E-state index is 5.67. The van der Waals surface area contributed by atoms with Crippen molar-refractivity contribution >= 4 is 0 Å². The highest BCUT2D eigenvalue weighted by atomic mass is 16.5. The van der Waals surface area contributed by atoms with Crippen LogP contribution in [0.1, 0.15) is 26.7 Å². The van der Waals surface area contributed by atoms with Crippen LogP contribution in [0.25, 0.3) is 0 Å². The Bertz CT molecular complexity index is 172. The summed E-state index contributed by atoms with van der Waals surface area (Å²) in [4.78, 5) is 0. The molecule has 1 nitrogen and oxygen atoms in total. The zero-order chi connectivity index (χ0) is 7.84. The largest absolute Gasteiger partial charge is 0.367 e. The van der Waals surface area contributed by atoms with Crippen LogP contribution in [0.5, 0.6) is 0 Å². The van der Waals surface area contributed by atoms with Gasteiger partial charge in [-0.15, -0.1) is 0 Å². The molecule has 0 aliphatic carbocycles. The van der Waals surface area contributed by atoms with Crippen LogP contribution >= 0.6 is 0 Å². The van der Waals surface area contributed by atoms with Gasteiger partial charge in [-0.1, -0.05) is 26.0 Å². The van der Waals surface area contributed by atoms with Gasteiger partial charge in [0.05, 0.1) is 12.2 Å². The van der Waals surface area contributed by atoms with Gasteiger partial charge < -0.3 is 4.74 Å². The molecular formula is C10H16O. The summed E-state index contributed by atoms with van der Waals surface area (Å²) in [6, 6.07) is 0. The van der Waals surface area contributed by atoms with Crippen LogP contribution in [0.3, 0.4) is 0 Å². The minimum Gasteiger partial charge on any atom is -0.367 e. The summed E-state index contributed by atoms with van der Waals surface area (Å²) in [7, 11) is 0. The lowest BCUT2D eigenvalue weighted by Gasteiger charge is -2.16. The summed E-state index contributed by atoms with van der Waals surface area (Å²) in [5.41, 5.74) is 0. The van der Waals surface area contributed by atoms with Crippen molar-refractivity contribution in [1.82, 2.24) is 0 Å². The molecule has 2 bridgehead atoms. The van der Waals surface area contributed by atoms with Gasteiger partial charge in [0.25, 0.3) is 0 Å². The number of hydrogen-bond acceptors (Lipinski definition) is 1. The normalized spacial score (nSPS) is 40.8. The number of hydrogen-bond donors (Lipinski definition) is 0. The first-order chi connectivity index (χ1) is 5.25. The minimum absolute atomic E-state index is 0.461. The number of ether oxygens (including phenoxy) is 1. The molecule has 2 rings (SSSR count). The second-order valence-corrected chi connectivity index (χ2v) is 4.15. The molecule has 0 aromatic rings. The summed E-state index contributed by atoms with van der Waals surface area (Å²) in [5.74, 6) is 1.63. The van der Waals surface area contributed by atoms with Gasteiger partial charge in [0.2, 0.25) is 0 Å². The molecule has 0 saturated carbocycles. The third-order valence-corrected chi connectivity index (χ3v) is 2.62. The SMILES string of the molecule is CC(C)CC1CC2C=CC1O2. The van der Waals surface area contributed by atoms with Crippen molar-refractivity contribution in [3.63, 3.8) is 0 Å². The molecule has 11 heavy (non-hydrogen) atoms. The molecule has 0 spiro atoms. The quantitative estimate of drug-likeness (QED) is 0.552. The van der Waals surface area contributed by atoms with Gasteiger partial charge in [-0.05, 0) is 24.7 Å². The van der Waals surface area contributed by atoms with Crippen molar-refractivity contribution in [1.29, 1.82) is 0 Å². The second-order valence-electron chi connectivity index (χ2n) is 4.15. The average Bonchev–Trinajstić information content (AvgIpc) is 2.45. The average molecular weight is 152 g/mol. The molecule has 2 heterocycles. The molecule has 62 valence electrons. The highest BCUT2D eigenvalue weighted by Crippen LogP contribution is 2.36. The smallest absolute Gasteiger partial charge is 0.0794 e. The maximum Gasteiger partial charge on any atom is 0.0794 e. The lowest BCUT2D eigenvalue weighted by atomic mass is 9.87. The van der Waals surface area contributed by atoms with Gasteiger partial charge >= 0.3 is 0 Å². The zero-order valence-corrected chi connectivity index (χ0v) is 7.29. The summed E-state index contributed by atoms with van der Waals surface area (Å²) in [6.45, 7) is 4.57. The zero-order valence-electron chi connectivity index (χ0n) is 7.29. The van der Waals surface area contributed by atoms with E-state index in [1.165, 1.54) is 12.8 Å². The fourth-order valence-corrected chi connectivity index (χ4v) is 2.20. The molecule has 0 N–H and O–H groups in total. The highest BCUT2D eigenvalue weighted by Gasteiger charge is 2.36. The van der Waals surface area contributed by atoms with Gasteiger partial charge in [-0.2, -0.15) is 0 Å². The Balaban J connectivity index is 1.93. The van der Waals surface area contributed by atoms with E-state index < -0.39 is 0 Å². The molecule has 0 aromatic carbocycles. The van der Waals surface area contributed by atoms with Crippen molar-refractivity contribution in [3.05, 3.63) is 12.2 Å². The maximum atomic E-state index is 5.67. The minimum atomic E-state index is 0.461. The Labute approximate surface area is 68.4 Å². The van der Waals surface area contributed by atoms with Crippen LogP contribution in [0.2, 0.25) is 0 Å². The van der Waals surface area contributed by atoms with Crippen molar-refractivity contribution in [2.45, 2.75) is 38.9 Å². The van der Waals surface area contributed by atoms with Crippen LogP contribution in [0, 0.1) is 11.8 Å². The van der Waals surface area contributed by atoms with E-state index in [9.17, 15) is 0 Å². The number of fused-ring (bicyclic) bond motifs is 2. The molecule has 0 aromatic heterocycles. The Morgan fingerprint density at radius 1 is 1.45 bits per heavy atom. The van der Waals surface area contributed by atoms with Gasteiger partial charge in [-0.25, -0.2) is 0 Å². The van der Waals surface area contributed by atoms with Gasteiger partial charge in [-0.3, -0.25) is 0 Å². The Morgan fingerprint density at radius 2 is 2.27 bits per heavy atom. The summed E-state index contributed by atoms with van der Waals surface area (Å²) < 4.78 is 5.67. The lowest BCUT2D eigenvalue weighted by molar-refractivity contribution is 0.105. The van der Waals surface area contributed by atoms with E-state index in [0.717, 1.165) is 11.8 Å². The third-order valence-electron chi connectivity index (χ3n) is 2.62. The van der Waals surface area contributed by atoms with E-state index in [0.29, 0.717) is 12.2 Å². The number of rotatable bonds is 2. The predicted molar refractivity (Wildman–Crippen MR) is 45.4 cm³/mol. The van der Waals surface area contributed by atoms with E-state index >= 15 is 0 Å². The van der Waals surface area contributed by atoms with Gasteiger partial charge in [0.1, 0.15) is 0 Å². The van der Waals surface area contributed by atoms with Crippen LogP contribution in [-0.4, -0.2) is 12.2 Å². The Morgan fingerprint density at radius 3 is 2.73 bits per heavy atom. The Hall–Kier alpha value is -0.300. The predicted octanol–water partition coefficient (Wildman–Crippen LogP) is 2.38. The lowest BCUT2D eigenvalue weighted by Crippen LogP contribution is -2.14. The van der Waals surface area contributed by atoms with E-state index in [2.05, 4.69) is 26.0 Å². The van der Waals surface area contributed by atoms with E-state index in [4.69, 9.17) is 4.74 Å². The molecule has 1 fully saturated rings. The van der Waals surface area contributed by atoms with E-state index in [1.807, 2.05) is 0 Å². The third kappa shape index (κ3) is 1.34. The van der Waals surface area contributed by atoms with E-state index in [-0.39, 0.29) is 0 Å². The fraction of sp³-hybridized carbons (Fsp3) is 0.800. The summed E-state index contributed by atoms with van der Waals surface area (Å²) in [6.07, 6.45) is 7.96. The van der Waals surface area contributed by atoms with Crippen molar-refractivity contribution in [2.24, 2.45) is 11.8 Å². The first-order valence-electron chi connectivity index (χ1n) is 4.59. The highest BCUT2D eigenvalue weighted by molar-refractivity contribution is 5.10. The van der Waals surface area contributed by atoms with Crippen LogP contribution in [-0.2, 0) is 4.74 Å². The van der Waals surface area contributed by atoms with Crippen LogP contribution in [0.15, 0.2) is 12.2 Å².